The topological polar surface area (TPSA) is 80.0 Å². The van der Waals surface area contributed by atoms with Crippen LogP contribution in [0, 0.1) is 0 Å². The summed E-state index contributed by atoms with van der Waals surface area (Å²) in [5.74, 6) is 1.64. The van der Waals surface area contributed by atoms with Gasteiger partial charge in [-0.3, -0.25) is 4.79 Å². The van der Waals surface area contributed by atoms with Crippen molar-refractivity contribution in [2.24, 2.45) is 0 Å². The Morgan fingerprint density at radius 1 is 1.10 bits per heavy atom. The number of rotatable bonds is 4. The predicted octanol–water partition coefficient (Wildman–Crippen LogP) is 4.30. The Morgan fingerprint density at radius 2 is 1.90 bits per heavy atom. The molecule has 0 fully saturated rings. The third-order valence-electron chi connectivity index (χ3n) is 5.29. The minimum absolute atomic E-state index is 0.103. The molecule has 5 rings (SSSR count). The van der Waals surface area contributed by atoms with Crippen molar-refractivity contribution in [3.8, 4) is 5.75 Å². The van der Waals surface area contributed by atoms with E-state index in [4.69, 9.17) is 5.10 Å². The number of phenols is 1. The van der Waals surface area contributed by atoms with E-state index in [1.54, 1.807) is 28.6 Å². The minimum atomic E-state index is -0.464. The second kappa shape index (κ2) is 7.40. The van der Waals surface area contributed by atoms with Crippen molar-refractivity contribution in [1.82, 2.24) is 14.8 Å². The lowest BCUT2D eigenvalue weighted by atomic mass is 9.85. The average Bonchev–Trinajstić information content (AvgIpc) is 3.15. The van der Waals surface area contributed by atoms with E-state index in [2.05, 4.69) is 22.4 Å². The van der Waals surface area contributed by atoms with Crippen LogP contribution in [0.3, 0.4) is 0 Å². The van der Waals surface area contributed by atoms with Gasteiger partial charge in [-0.05, 0) is 24.5 Å². The molecule has 1 unspecified atom stereocenters. The summed E-state index contributed by atoms with van der Waals surface area (Å²) >= 11 is 1.55. The smallest absolute Gasteiger partial charge is 0.227 e. The largest absolute Gasteiger partial charge is 0.508 e. The number of hydrogen-bond acceptors (Lipinski definition) is 6. The van der Waals surface area contributed by atoms with Crippen molar-refractivity contribution >= 4 is 23.5 Å². The number of fused-ring (bicyclic) bond motifs is 1. The van der Waals surface area contributed by atoms with Crippen molar-refractivity contribution in [3.63, 3.8) is 0 Å². The fraction of sp³-hybridized carbons (Fsp3) is 0.227. The monoisotopic (exact) mass is 404 g/mol. The summed E-state index contributed by atoms with van der Waals surface area (Å²) in [6.07, 6.45) is 2.14. The molecule has 2 aliphatic rings. The molecule has 3 aromatic rings. The fourth-order valence-corrected chi connectivity index (χ4v) is 4.71. The maximum Gasteiger partial charge on any atom is 0.227 e. The van der Waals surface area contributed by atoms with Crippen LogP contribution >= 0.6 is 11.8 Å². The van der Waals surface area contributed by atoms with Crippen LogP contribution in [0.2, 0.25) is 0 Å². The predicted molar refractivity (Wildman–Crippen MR) is 112 cm³/mol. The number of carbonyl (C=O) groups is 1. The quantitative estimate of drug-likeness (QED) is 0.631. The molecule has 0 spiro atoms. The van der Waals surface area contributed by atoms with E-state index in [0.717, 1.165) is 24.3 Å². The van der Waals surface area contributed by atoms with Crippen molar-refractivity contribution in [1.29, 1.82) is 0 Å². The van der Waals surface area contributed by atoms with Gasteiger partial charge in [0.05, 0.1) is 0 Å². The van der Waals surface area contributed by atoms with E-state index in [9.17, 15) is 9.90 Å². The van der Waals surface area contributed by atoms with Gasteiger partial charge in [-0.25, -0.2) is 4.68 Å². The number of nitrogens with zero attached hydrogens (tertiary/aromatic N) is 3. The van der Waals surface area contributed by atoms with Gasteiger partial charge in [-0.1, -0.05) is 60.3 Å². The molecule has 0 saturated carbocycles. The Bertz CT molecular complexity index is 1110. The number of nitrogens with one attached hydrogen (secondary N) is 1. The Labute approximate surface area is 172 Å². The second-order valence-electron chi connectivity index (χ2n) is 7.19. The summed E-state index contributed by atoms with van der Waals surface area (Å²) in [6.45, 7) is 0. The van der Waals surface area contributed by atoms with Gasteiger partial charge in [0, 0.05) is 29.0 Å². The first-order chi connectivity index (χ1) is 14.2. The highest BCUT2D eigenvalue weighted by Gasteiger charge is 2.37. The molecule has 1 aliphatic heterocycles. The number of benzene rings is 2. The molecule has 0 saturated heterocycles. The number of aromatic hydroxyl groups is 1. The van der Waals surface area contributed by atoms with Gasteiger partial charge < -0.3 is 10.4 Å². The lowest BCUT2D eigenvalue weighted by Gasteiger charge is -2.32. The molecule has 1 atom stereocenters. The van der Waals surface area contributed by atoms with E-state index in [1.807, 2.05) is 30.3 Å². The van der Waals surface area contributed by atoms with Crippen molar-refractivity contribution in [2.75, 3.05) is 5.32 Å². The SMILES string of the molecule is O=C1CCCC2=C1C(c1ccccc1O)n1nc(SCc3ccccc3)nc1N2. The fourth-order valence-electron chi connectivity index (χ4n) is 3.93. The van der Waals surface area contributed by atoms with E-state index < -0.39 is 6.04 Å². The molecule has 2 aromatic carbocycles. The lowest BCUT2D eigenvalue weighted by Crippen LogP contribution is -2.31. The molecular formula is C22H20N4O2S. The highest BCUT2D eigenvalue weighted by molar-refractivity contribution is 7.98. The Kier molecular flexibility index (Phi) is 4.60. The zero-order valence-corrected chi connectivity index (χ0v) is 16.5. The molecule has 6 nitrogen and oxygen atoms in total. The van der Waals surface area contributed by atoms with Crippen LogP contribution in [0.5, 0.6) is 5.75 Å². The van der Waals surface area contributed by atoms with Crippen molar-refractivity contribution in [2.45, 2.75) is 36.2 Å². The standard InChI is InChI=1S/C22H20N4O2S/c27-17-11-5-4-9-15(17)20-19-16(10-6-12-18(19)28)23-21-24-22(25-26(20)21)29-13-14-7-2-1-3-8-14/h1-5,7-9,11,20,27H,6,10,12-13H2,(H,23,24,25). The van der Waals surface area contributed by atoms with Gasteiger partial charge >= 0.3 is 0 Å². The zero-order valence-electron chi connectivity index (χ0n) is 15.7. The first kappa shape index (κ1) is 18.0. The normalized spacial score (nSPS) is 18.2. The lowest BCUT2D eigenvalue weighted by molar-refractivity contribution is -0.116. The van der Waals surface area contributed by atoms with Gasteiger partial charge in [0.25, 0.3) is 0 Å². The number of Topliss-reactive ketones (excluding diaryl/α,β-unsaturated/α-hetero) is 1. The first-order valence-corrected chi connectivity index (χ1v) is 10.6. The summed E-state index contributed by atoms with van der Waals surface area (Å²) in [4.78, 5) is 17.5. The number of thioether (sulfide) groups is 1. The molecule has 2 N–H and O–H groups in total. The molecule has 2 heterocycles. The molecule has 1 aromatic heterocycles. The van der Waals surface area contributed by atoms with Gasteiger partial charge in [-0.2, -0.15) is 4.98 Å². The molecule has 1 aliphatic carbocycles. The molecular weight excluding hydrogens is 384 g/mol. The summed E-state index contributed by atoms with van der Waals surface area (Å²) in [5.41, 5.74) is 3.45. The van der Waals surface area contributed by atoms with Crippen LogP contribution in [0.4, 0.5) is 5.95 Å². The van der Waals surface area contributed by atoms with Crippen LogP contribution < -0.4 is 5.32 Å². The Morgan fingerprint density at radius 3 is 2.72 bits per heavy atom. The molecule has 0 amide bonds. The molecule has 7 heteroatoms. The highest BCUT2D eigenvalue weighted by atomic mass is 32.2. The van der Waals surface area contributed by atoms with E-state index in [0.29, 0.717) is 28.7 Å². The Balaban J connectivity index is 1.54. The molecule has 146 valence electrons. The zero-order chi connectivity index (χ0) is 19.8. The number of aromatic nitrogens is 3. The molecule has 0 bridgehead atoms. The van der Waals surface area contributed by atoms with Crippen LogP contribution in [0.15, 0.2) is 71.0 Å². The van der Waals surface area contributed by atoms with Gasteiger partial charge in [0.1, 0.15) is 11.8 Å². The number of phenolic OH excluding ortho intramolecular Hbond substituents is 1. The van der Waals surface area contributed by atoms with Crippen LogP contribution in [-0.2, 0) is 10.5 Å². The minimum Gasteiger partial charge on any atom is -0.508 e. The van der Waals surface area contributed by atoms with Gasteiger partial charge in [0.2, 0.25) is 11.1 Å². The molecule has 29 heavy (non-hydrogen) atoms. The highest BCUT2D eigenvalue weighted by Crippen LogP contribution is 2.42. The van der Waals surface area contributed by atoms with Crippen LogP contribution in [0.1, 0.15) is 36.4 Å². The van der Waals surface area contributed by atoms with Crippen LogP contribution in [0.25, 0.3) is 0 Å². The molecule has 0 radical (unpaired) electrons. The average molecular weight is 404 g/mol. The number of para-hydroxylation sites is 1. The Hall–Kier alpha value is -3.06. The summed E-state index contributed by atoms with van der Waals surface area (Å²) < 4.78 is 1.74. The number of carbonyl (C=O) groups excluding carboxylic acids is 1. The number of allylic oxidation sites excluding steroid dienone is 2. The third kappa shape index (κ3) is 3.31. The van der Waals surface area contributed by atoms with Gasteiger partial charge in [-0.15, -0.1) is 5.10 Å². The first-order valence-electron chi connectivity index (χ1n) is 9.65. The summed E-state index contributed by atoms with van der Waals surface area (Å²) in [5, 5.41) is 19.2. The van der Waals surface area contributed by atoms with Gasteiger partial charge in [0.15, 0.2) is 5.78 Å². The van der Waals surface area contributed by atoms with E-state index >= 15 is 0 Å². The third-order valence-corrected chi connectivity index (χ3v) is 6.20. The van der Waals surface area contributed by atoms with Crippen molar-refractivity contribution in [3.05, 3.63) is 77.0 Å². The van der Waals surface area contributed by atoms with E-state index in [1.165, 1.54) is 5.56 Å². The maximum atomic E-state index is 12.8. The summed E-state index contributed by atoms with van der Waals surface area (Å²) in [7, 11) is 0. The number of ketones is 1. The number of hydrogen-bond donors (Lipinski definition) is 2. The van der Waals surface area contributed by atoms with Crippen LogP contribution in [-0.4, -0.2) is 25.7 Å². The summed E-state index contributed by atoms with van der Waals surface area (Å²) in [6, 6.07) is 16.8. The maximum absolute atomic E-state index is 12.8. The van der Waals surface area contributed by atoms with E-state index in [-0.39, 0.29) is 11.5 Å². The number of anilines is 1. The second-order valence-corrected chi connectivity index (χ2v) is 8.13. The van der Waals surface area contributed by atoms with Crippen molar-refractivity contribution < 1.29 is 9.90 Å².